The van der Waals surface area contributed by atoms with Crippen LogP contribution in [0.4, 0.5) is 5.69 Å². The number of rotatable bonds is 8. The molecular formula is C17H31N3. The van der Waals surface area contributed by atoms with Crippen molar-refractivity contribution in [1.82, 2.24) is 10.2 Å². The molecule has 1 aromatic rings. The average molecular weight is 277 g/mol. The molecule has 3 heteroatoms. The molecule has 0 amide bonds. The highest BCUT2D eigenvalue weighted by Crippen LogP contribution is 2.16. The quantitative estimate of drug-likeness (QED) is 0.714. The molecule has 0 fully saturated rings. The second-order valence-corrected chi connectivity index (χ2v) is 6.22. The molecule has 0 atom stereocenters. The minimum absolute atomic E-state index is 0.183. The molecule has 2 N–H and O–H groups in total. The van der Waals surface area contributed by atoms with Gasteiger partial charge in [-0.2, -0.15) is 0 Å². The second-order valence-electron chi connectivity index (χ2n) is 6.22. The molecular weight excluding hydrogens is 246 g/mol. The predicted molar refractivity (Wildman–Crippen MR) is 89.3 cm³/mol. The van der Waals surface area contributed by atoms with E-state index in [1.165, 1.54) is 11.3 Å². The Morgan fingerprint density at radius 1 is 1.00 bits per heavy atom. The molecule has 0 spiro atoms. The maximum atomic E-state index is 3.55. The minimum atomic E-state index is 0.183. The zero-order valence-electron chi connectivity index (χ0n) is 13.8. The maximum absolute atomic E-state index is 3.55. The van der Waals surface area contributed by atoms with E-state index in [2.05, 4.69) is 74.4 Å². The Hall–Kier alpha value is -1.06. The van der Waals surface area contributed by atoms with E-state index < -0.39 is 0 Å². The van der Waals surface area contributed by atoms with Gasteiger partial charge in [-0.15, -0.1) is 0 Å². The molecule has 1 rings (SSSR count). The Morgan fingerprint density at radius 3 is 2.25 bits per heavy atom. The van der Waals surface area contributed by atoms with Crippen molar-refractivity contribution in [3.8, 4) is 0 Å². The summed E-state index contributed by atoms with van der Waals surface area (Å²) in [5.41, 5.74) is 2.82. The van der Waals surface area contributed by atoms with Crippen molar-refractivity contribution in [3.63, 3.8) is 0 Å². The molecule has 0 saturated heterocycles. The van der Waals surface area contributed by atoms with Crippen molar-refractivity contribution in [2.24, 2.45) is 0 Å². The van der Waals surface area contributed by atoms with Crippen LogP contribution in [-0.2, 0) is 6.54 Å². The van der Waals surface area contributed by atoms with Gasteiger partial charge < -0.3 is 10.6 Å². The number of benzene rings is 1. The lowest BCUT2D eigenvalue weighted by molar-refractivity contribution is 0.296. The Balaban J connectivity index is 2.53. The second kappa shape index (κ2) is 8.28. The van der Waals surface area contributed by atoms with Gasteiger partial charge >= 0.3 is 0 Å². The summed E-state index contributed by atoms with van der Waals surface area (Å²) in [6, 6.07) is 8.62. The summed E-state index contributed by atoms with van der Waals surface area (Å²) >= 11 is 0. The fourth-order valence-corrected chi connectivity index (χ4v) is 2.15. The van der Waals surface area contributed by atoms with Crippen molar-refractivity contribution < 1.29 is 0 Å². The summed E-state index contributed by atoms with van der Waals surface area (Å²) in [5, 5.41) is 7.05. The standard InChI is InChI=1S/C17H31N3/c1-6-20(7-2)14-15-10-8-9-11-16(15)18-12-13-19-17(3,4)5/h8-11,18-19H,6-7,12-14H2,1-5H3. The molecule has 0 aliphatic heterocycles. The molecule has 20 heavy (non-hydrogen) atoms. The molecule has 0 radical (unpaired) electrons. The lowest BCUT2D eigenvalue weighted by Gasteiger charge is -2.22. The monoisotopic (exact) mass is 277 g/mol. The summed E-state index contributed by atoms with van der Waals surface area (Å²) in [5.74, 6) is 0. The first-order chi connectivity index (χ1) is 9.46. The van der Waals surface area contributed by atoms with E-state index in [0.717, 1.165) is 32.7 Å². The fraction of sp³-hybridized carbons (Fsp3) is 0.647. The topological polar surface area (TPSA) is 27.3 Å². The van der Waals surface area contributed by atoms with Gasteiger partial charge in [0.15, 0.2) is 0 Å². The summed E-state index contributed by atoms with van der Waals surface area (Å²) in [4.78, 5) is 2.44. The summed E-state index contributed by atoms with van der Waals surface area (Å²) in [6.07, 6.45) is 0. The smallest absolute Gasteiger partial charge is 0.0386 e. The highest BCUT2D eigenvalue weighted by molar-refractivity contribution is 5.51. The van der Waals surface area contributed by atoms with Gasteiger partial charge in [0.05, 0.1) is 0 Å². The van der Waals surface area contributed by atoms with Crippen molar-refractivity contribution >= 4 is 5.69 Å². The van der Waals surface area contributed by atoms with Gasteiger partial charge in [0.2, 0.25) is 0 Å². The number of para-hydroxylation sites is 1. The number of nitrogens with zero attached hydrogens (tertiary/aromatic N) is 1. The molecule has 3 nitrogen and oxygen atoms in total. The van der Waals surface area contributed by atoms with Gasteiger partial charge in [-0.3, -0.25) is 4.90 Å². The zero-order chi connectivity index (χ0) is 15.0. The molecule has 0 aliphatic rings. The third-order valence-corrected chi connectivity index (χ3v) is 3.40. The van der Waals surface area contributed by atoms with Crippen LogP contribution in [0.2, 0.25) is 0 Å². The molecule has 0 heterocycles. The third-order valence-electron chi connectivity index (χ3n) is 3.40. The molecule has 0 saturated carbocycles. The van der Waals surface area contributed by atoms with Crippen LogP contribution in [0, 0.1) is 0 Å². The van der Waals surface area contributed by atoms with Gasteiger partial charge in [0.1, 0.15) is 0 Å². The van der Waals surface area contributed by atoms with Crippen LogP contribution in [0.3, 0.4) is 0 Å². The van der Waals surface area contributed by atoms with Crippen LogP contribution in [0.15, 0.2) is 24.3 Å². The average Bonchev–Trinajstić information content (AvgIpc) is 2.41. The van der Waals surface area contributed by atoms with Crippen molar-refractivity contribution in [2.45, 2.75) is 46.7 Å². The van der Waals surface area contributed by atoms with E-state index in [-0.39, 0.29) is 5.54 Å². The first-order valence-corrected chi connectivity index (χ1v) is 7.75. The van der Waals surface area contributed by atoms with Gasteiger partial charge in [0.25, 0.3) is 0 Å². The highest BCUT2D eigenvalue weighted by Gasteiger charge is 2.08. The summed E-state index contributed by atoms with van der Waals surface area (Å²) in [6.45, 7) is 16.1. The minimum Gasteiger partial charge on any atom is -0.384 e. The van der Waals surface area contributed by atoms with E-state index in [9.17, 15) is 0 Å². The van der Waals surface area contributed by atoms with E-state index in [1.54, 1.807) is 0 Å². The van der Waals surface area contributed by atoms with Crippen molar-refractivity contribution in [2.75, 3.05) is 31.5 Å². The van der Waals surface area contributed by atoms with Crippen LogP contribution in [0.1, 0.15) is 40.2 Å². The summed E-state index contributed by atoms with van der Waals surface area (Å²) in [7, 11) is 0. The van der Waals surface area contributed by atoms with Crippen LogP contribution in [0.25, 0.3) is 0 Å². The van der Waals surface area contributed by atoms with Crippen LogP contribution in [0.5, 0.6) is 0 Å². The molecule has 0 unspecified atom stereocenters. The Kier molecular flexibility index (Phi) is 7.03. The van der Waals surface area contributed by atoms with Crippen molar-refractivity contribution in [3.05, 3.63) is 29.8 Å². The Bertz CT molecular complexity index is 378. The van der Waals surface area contributed by atoms with E-state index in [0.29, 0.717) is 0 Å². The van der Waals surface area contributed by atoms with E-state index >= 15 is 0 Å². The first-order valence-electron chi connectivity index (χ1n) is 7.75. The van der Waals surface area contributed by atoms with Crippen molar-refractivity contribution in [1.29, 1.82) is 0 Å². The summed E-state index contributed by atoms with van der Waals surface area (Å²) < 4.78 is 0. The molecule has 0 aromatic heterocycles. The molecule has 0 bridgehead atoms. The number of hydrogen-bond acceptors (Lipinski definition) is 3. The number of nitrogens with one attached hydrogen (secondary N) is 2. The SMILES string of the molecule is CCN(CC)Cc1ccccc1NCCNC(C)(C)C. The largest absolute Gasteiger partial charge is 0.384 e. The molecule has 1 aromatic carbocycles. The van der Waals surface area contributed by atoms with Gasteiger partial charge in [0, 0.05) is 30.9 Å². The molecule has 114 valence electrons. The number of anilines is 1. The lowest BCUT2D eigenvalue weighted by Crippen LogP contribution is -2.38. The van der Waals surface area contributed by atoms with E-state index in [1.807, 2.05) is 0 Å². The van der Waals surface area contributed by atoms with E-state index in [4.69, 9.17) is 0 Å². The van der Waals surface area contributed by atoms with Crippen LogP contribution < -0.4 is 10.6 Å². The van der Waals surface area contributed by atoms with Crippen LogP contribution in [-0.4, -0.2) is 36.6 Å². The highest BCUT2D eigenvalue weighted by atomic mass is 15.1. The Morgan fingerprint density at radius 2 is 1.65 bits per heavy atom. The predicted octanol–water partition coefficient (Wildman–Crippen LogP) is 3.33. The van der Waals surface area contributed by atoms with Gasteiger partial charge in [-0.05, 0) is 45.5 Å². The number of hydrogen-bond donors (Lipinski definition) is 2. The molecule has 0 aliphatic carbocycles. The maximum Gasteiger partial charge on any atom is 0.0386 e. The fourth-order valence-electron chi connectivity index (χ4n) is 2.15. The normalized spacial score (nSPS) is 11.9. The van der Waals surface area contributed by atoms with Crippen LogP contribution >= 0.6 is 0 Å². The first kappa shape index (κ1) is 17.0. The van der Waals surface area contributed by atoms with Gasteiger partial charge in [-0.1, -0.05) is 32.0 Å². The zero-order valence-corrected chi connectivity index (χ0v) is 13.8. The lowest BCUT2D eigenvalue weighted by atomic mass is 10.1. The van der Waals surface area contributed by atoms with Gasteiger partial charge in [-0.25, -0.2) is 0 Å². The Labute approximate surface area is 124 Å². The third kappa shape index (κ3) is 6.40.